The number of fused-ring (bicyclic) bond motifs is 1. The smallest absolute Gasteiger partial charge is 0.335 e. The van der Waals surface area contributed by atoms with Gasteiger partial charge < -0.3 is 14.4 Å². The molecule has 0 fully saturated rings. The molecule has 104 valence electrons. The molecular weight excluding hydrogens is 256 g/mol. The maximum atomic E-state index is 11.0. The highest BCUT2D eigenvalue weighted by Crippen LogP contribution is 2.29. The Morgan fingerprint density at radius 2 is 2.35 bits per heavy atom. The number of anilines is 1. The van der Waals surface area contributed by atoms with E-state index in [0.29, 0.717) is 12.1 Å². The monoisotopic (exact) mass is 272 g/mol. The van der Waals surface area contributed by atoms with Crippen molar-refractivity contribution < 1.29 is 14.3 Å². The lowest BCUT2D eigenvalue weighted by molar-refractivity contribution is 0.0696. The van der Waals surface area contributed by atoms with Crippen LogP contribution in [0.2, 0.25) is 0 Å². The molecule has 0 bridgehead atoms. The Morgan fingerprint density at radius 3 is 3.05 bits per heavy atom. The molecule has 2 heterocycles. The quantitative estimate of drug-likeness (QED) is 0.930. The first kappa shape index (κ1) is 12.7. The molecular formula is C15H16N2O3. The van der Waals surface area contributed by atoms with Crippen LogP contribution in [0.5, 0.6) is 0 Å². The van der Waals surface area contributed by atoms with Crippen LogP contribution in [0.15, 0.2) is 29.0 Å². The summed E-state index contributed by atoms with van der Waals surface area (Å²) >= 11 is 0. The van der Waals surface area contributed by atoms with Crippen molar-refractivity contribution in [1.29, 1.82) is 0 Å². The second-order valence-corrected chi connectivity index (χ2v) is 5.03. The first-order valence-corrected chi connectivity index (χ1v) is 6.65. The zero-order chi connectivity index (χ0) is 14.1. The summed E-state index contributed by atoms with van der Waals surface area (Å²) in [5.41, 5.74) is 3.48. The molecule has 1 aliphatic heterocycles. The Morgan fingerprint density at radius 1 is 1.50 bits per heavy atom. The molecule has 3 rings (SSSR count). The highest BCUT2D eigenvalue weighted by Gasteiger charge is 2.20. The molecule has 1 N–H and O–H groups in total. The number of aromatic carboxylic acids is 1. The molecule has 0 unspecified atom stereocenters. The molecule has 1 aromatic heterocycles. The van der Waals surface area contributed by atoms with Crippen LogP contribution in [0, 0.1) is 6.92 Å². The van der Waals surface area contributed by atoms with Gasteiger partial charge in [0, 0.05) is 12.2 Å². The fourth-order valence-corrected chi connectivity index (χ4v) is 2.63. The summed E-state index contributed by atoms with van der Waals surface area (Å²) in [7, 11) is 0. The van der Waals surface area contributed by atoms with Crippen LogP contribution < -0.4 is 4.90 Å². The molecule has 1 aromatic carbocycles. The maximum Gasteiger partial charge on any atom is 0.335 e. The molecule has 0 saturated heterocycles. The van der Waals surface area contributed by atoms with Crippen molar-refractivity contribution in [3.63, 3.8) is 0 Å². The van der Waals surface area contributed by atoms with Crippen LogP contribution in [0.25, 0.3) is 0 Å². The van der Waals surface area contributed by atoms with Gasteiger partial charge in [0.25, 0.3) is 0 Å². The number of aryl methyl sites for hydroxylation is 2. The molecule has 0 aliphatic carbocycles. The number of hydrogen-bond donors (Lipinski definition) is 1. The van der Waals surface area contributed by atoms with Gasteiger partial charge in [0.15, 0.2) is 6.39 Å². The number of hydrogen-bond acceptors (Lipinski definition) is 4. The number of carboxylic acids is 1. The Hall–Kier alpha value is -2.30. The van der Waals surface area contributed by atoms with Crippen LogP contribution in [-0.4, -0.2) is 22.6 Å². The van der Waals surface area contributed by atoms with E-state index in [1.807, 2.05) is 13.0 Å². The number of benzene rings is 1. The summed E-state index contributed by atoms with van der Waals surface area (Å²) in [6.07, 6.45) is 3.40. The molecule has 0 amide bonds. The lowest BCUT2D eigenvalue weighted by Crippen LogP contribution is -2.29. The van der Waals surface area contributed by atoms with Crippen LogP contribution >= 0.6 is 0 Å². The third kappa shape index (κ3) is 2.27. The molecule has 0 radical (unpaired) electrons. The van der Waals surface area contributed by atoms with Gasteiger partial charge in [-0.15, -0.1) is 0 Å². The molecule has 0 saturated carbocycles. The van der Waals surface area contributed by atoms with Gasteiger partial charge in [-0.25, -0.2) is 9.78 Å². The van der Waals surface area contributed by atoms with Gasteiger partial charge in [0.2, 0.25) is 0 Å². The van der Waals surface area contributed by atoms with Crippen molar-refractivity contribution in [2.24, 2.45) is 0 Å². The lowest BCUT2D eigenvalue weighted by Gasteiger charge is -2.31. The topological polar surface area (TPSA) is 66.6 Å². The summed E-state index contributed by atoms with van der Waals surface area (Å²) < 4.78 is 5.23. The fourth-order valence-electron chi connectivity index (χ4n) is 2.63. The number of oxazole rings is 1. The summed E-state index contributed by atoms with van der Waals surface area (Å²) in [5.74, 6) is -0.0449. The van der Waals surface area contributed by atoms with Gasteiger partial charge in [-0.1, -0.05) is 0 Å². The van der Waals surface area contributed by atoms with E-state index in [4.69, 9.17) is 9.52 Å². The summed E-state index contributed by atoms with van der Waals surface area (Å²) in [6.45, 7) is 3.55. The average molecular weight is 272 g/mol. The third-order valence-corrected chi connectivity index (χ3v) is 3.73. The maximum absolute atomic E-state index is 11.0. The van der Waals surface area contributed by atoms with Crippen LogP contribution in [0.3, 0.4) is 0 Å². The highest BCUT2D eigenvalue weighted by molar-refractivity contribution is 5.88. The largest absolute Gasteiger partial charge is 0.478 e. The third-order valence-electron chi connectivity index (χ3n) is 3.73. The minimum absolute atomic E-state index is 0.350. The van der Waals surface area contributed by atoms with Gasteiger partial charge >= 0.3 is 5.97 Å². The molecule has 5 nitrogen and oxygen atoms in total. The van der Waals surface area contributed by atoms with Crippen molar-refractivity contribution in [2.75, 3.05) is 11.4 Å². The van der Waals surface area contributed by atoms with Crippen LogP contribution in [0.1, 0.15) is 33.8 Å². The highest BCUT2D eigenvalue weighted by atomic mass is 16.4. The first-order chi connectivity index (χ1) is 9.65. The van der Waals surface area contributed by atoms with Gasteiger partial charge in [-0.05, 0) is 43.5 Å². The van der Waals surface area contributed by atoms with E-state index in [1.165, 1.54) is 6.39 Å². The molecule has 0 spiro atoms. The van der Waals surface area contributed by atoms with Crippen molar-refractivity contribution in [3.8, 4) is 0 Å². The molecule has 5 heteroatoms. The van der Waals surface area contributed by atoms with Crippen molar-refractivity contribution in [2.45, 2.75) is 26.3 Å². The minimum atomic E-state index is -0.878. The van der Waals surface area contributed by atoms with E-state index in [9.17, 15) is 4.79 Å². The average Bonchev–Trinajstić information content (AvgIpc) is 2.84. The molecule has 1 aliphatic rings. The number of nitrogens with zero attached hydrogens (tertiary/aromatic N) is 2. The van der Waals surface area contributed by atoms with E-state index in [2.05, 4.69) is 9.88 Å². The van der Waals surface area contributed by atoms with Crippen LogP contribution in [-0.2, 0) is 13.0 Å². The Balaban J connectivity index is 1.90. The predicted molar refractivity (Wildman–Crippen MR) is 74.0 cm³/mol. The second-order valence-electron chi connectivity index (χ2n) is 5.03. The number of rotatable bonds is 3. The second kappa shape index (κ2) is 5.00. The molecule has 2 aromatic rings. The standard InChI is InChI=1S/C15H16N2O3/c1-10-13(16-9-20-10)8-17-6-2-3-11-7-12(15(18)19)4-5-14(11)17/h4-5,7,9H,2-3,6,8H2,1H3,(H,18,19). The predicted octanol–water partition coefficient (Wildman–Crippen LogP) is 2.63. The SMILES string of the molecule is Cc1ocnc1CN1CCCc2cc(C(=O)O)ccc21. The Kier molecular flexibility index (Phi) is 3.18. The van der Waals surface area contributed by atoms with Gasteiger partial charge in [0.1, 0.15) is 11.5 Å². The first-order valence-electron chi connectivity index (χ1n) is 6.65. The molecule has 20 heavy (non-hydrogen) atoms. The molecule has 0 atom stereocenters. The van der Waals surface area contributed by atoms with Gasteiger partial charge in [0.05, 0.1) is 12.1 Å². The zero-order valence-electron chi connectivity index (χ0n) is 11.3. The van der Waals surface area contributed by atoms with E-state index in [0.717, 1.165) is 42.1 Å². The number of carbonyl (C=O) groups is 1. The minimum Gasteiger partial charge on any atom is -0.478 e. The summed E-state index contributed by atoms with van der Waals surface area (Å²) in [6, 6.07) is 5.34. The normalized spacial score (nSPS) is 14.2. The van der Waals surface area contributed by atoms with Gasteiger partial charge in [-0.3, -0.25) is 0 Å². The summed E-state index contributed by atoms with van der Waals surface area (Å²) in [4.78, 5) is 17.5. The fraction of sp³-hybridized carbons (Fsp3) is 0.333. The zero-order valence-corrected chi connectivity index (χ0v) is 11.3. The van der Waals surface area contributed by atoms with E-state index < -0.39 is 5.97 Å². The summed E-state index contributed by atoms with van der Waals surface area (Å²) in [5, 5.41) is 9.06. The Labute approximate surface area is 116 Å². The number of aromatic nitrogens is 1. The van der Waals surface area contributed by atoms with Gasteiger partial charge in [-0.2, -0.15) is 0 Å². The van der Waals surface area contributed by atoms with E-state index in [1.54, 1.807) is 12.1 Å². The number of carboxylic acid groups (broad SMARTS) is 1. The van der Waals surface area contributed by atoms with E-state index in [-0.39, 0.29) is 0 Å². The Bertz CT molecular complexity index is 648. The van der Waals surface area contributed by atoms with Crippen molar-refractivity contribution in [1.82, 2.24) is 4.98 Å². The van der Waals surface area contributed by atoms with E-state index >= 15 is 0 Å². The van der Waals surface area contributed by atoms with Crippen molar-refractivity contribution in [3.05, 3.63) is 47.2 Å². The van der Waals surface area contributed by atoms with Crippen LogP contribution in [0.4, 0.5) is 5.69 Å². The lowest BCUT2D eigenvalue weighted by atomic mass is 9.99. The van der Waals surface area contributed by atoms with Crippen molar-refractivity contribution >= 4 is 11.7 Å².